The number of anilines is 1. The maximum absolute atomic E-state index is 12.9. The van der Waals surface area contributed by atoms with Crippen molar-refractivity contribution in [3.63, 3.8) is 0 Å². The summed E-state index contributed by atoms with van der Waals surface area (Å²) in [5, 5.41) is 0.405. The van der Waals surface area contributed by atoms with Gasteiger partial charge in [0.05, 0.1) is 7.11 Å². The largest absolute Gasteiger partial charge is 0.467 e. The summed E-state index contributed by atoms with van der Waals surface area (Å²) in [6, 6.07) is 11.3. The fourth-order valence-electron chi connectivity index (χ4n) is 2.26. The third-order valence-electron chi connectivity index (χ3n) is 3.37. The van der Waals surface area contributed by atoms with Crippen LogP contribution in [0.5, 0.6) is 0 Å². The molecule has 0 aliphatic carbocycles. The van der Waals surface area contributed by atoms with E-state index in [9.17, 15) is 9.59 Å². The van der Waals surface area contributed by atoms with E-state index in [4.69, 9.17) is 16.3 Å². The Bertz CT molecular complexity index is 691. The number of pyridine rings is 1. The predicted molar refractivity (Wildman–Crippen MR) is 88.6 cm³/mol. The molecule has 0 saturated heterocycles. The Morgan fingerprint density at radius 3 is 2.52 bits per heavy atom. The molecule has 6 heteroatoms. The first kappa shape index (κ1) is 17.0. The van der Waals surface area contributed by atoms with Crippen LogP contribution in [-0.4, -0.2) is 30.0 Å². The summed E-state index contributed by atoms with van der Waals surface area (Å²) in [7, 11) is 1.30. The van der Waals surface area contributed by atoms with E-state index in [1.165, 1.54) is 24.3 Å². The van der Waals surface area contributed by atoms with Gasteiger partial charge in [0.1, 0.15) is 11.7 Å². The standard InChI is InChI=1S/C17H17ClN2O3/c1-3-15(17(22)23-2)20(13-7-5-4-6-8-13)16(21)14-11-12(18)9-10-19-14/h4-11,15H,3H2,1-2H3/t15-/m1/s1. The SMILES string of the molecule is CC[C@H](C(=O)OC)N(C(=O)c1cc(Cl)ccn1)c1ccccc1. The third kappa shape index (κ3) is 3.87. The van der Waals surface area contributed by atoms with Gasteiger partial charge in [-0.1, -0.05) is 36.7 Å². The minimum absolute atomic E-state index is 0.170. The van der Waals surface area contributed by atoms with Gasteiger partial charge < -0.3 is 4.74 Å². The van der Waals surface area contributed by atoms with Crippen LogP contribution >= 0.6 is 11.6 Å². The number of carbonyl (C=O) groups is 2. The van der Waals surface area contributed by atoms with Gasteiger partial charge in [-0.25, -0.2) is 4.79 Å². The van der Waals surface area contributed by atoms with E-state index in [0.29, 0.717) is 17.1 Å². The van der Waals surface area contributed by atoms with Crippen molar-refractivity contribution in [3.8, 4) is 0 Å². The van der Waals surface area contributed by atoms with Crippen molar-refractivity contribution >= 4 is 29.2 Å². The minimum atomic E-state index is -0.740. The Labute approximate surface area is 139 Å². The lowest BCUT2D eigenvalue weighted by Crippen LogP contribution is -2.46. The topological polar surface area (TPSA) is 59.5 Å². The van der Waals surface area contributed by atoms with Crippen molar-refractivity contribution in [3.05, 3.63) is 59.4 Å². The maximum atomic E-state index is 12.9. The molecule has 0 unspecified atom stereocenters. The van der Waals surface area contributed by atoms with E-state index in [-0.39, 0.29) is 5.69 Å². The molecule has 120 valence electrons. The predicted octanol–water partition coefficient (Wildman–Crippen LogP) is 3.33. The van der Waals surface area contributed by atoms with Crippen LogP contribution in [0.15, 0.2) is 48.7 Å². The van der Waals surface area contributed by atoms with Crippen molar-refractivity contribution in [2.75, 3.05) is 12.0 Å². The fourth-order valence-corrected chi connectivity index (χ4v) is 2.42. The highest BCUT2D eigenvalue weighted by Gasteiger charge is 2.31. The lowest BCUT2D eigenvalue weighted by molar-refractivity contribution is -0.142. The average molecular weight is 333 g/mol. The van der Waals surface area contributed by atoms with Crippen LogP contribution in [0.4, 0.5) is 5.69 Å². The van der Waals surface area contributed by atoms with Gasteiger partial charge in [-0.15, -0.1) is 0 Å². The van der Waals surface area contributed by atoms with Crippen molar-refractivity contribution in [1.82, 2.24) is 4.98 Å². The molecule has 0 aliphatic heterocycles. The summed E-state index contributed by atoms with van der Waals surface area (Å²) < 4.78 is 4.84. The molecule has 0 saturated carbocycles. The molecule has 2 rings (SSSR count). The van der Waals surface area contributed by atoms with Crippen molar-refractivity contribution in [2.45, 2.75) is 19.4 Å². The maximum Gasteiger partial charge on any atom is 0.328 e. The second-order valence-corrected chi connectivity index (χ2v) is 5.25. The van der Waals surface area contributed by atoms with Crippen molar-refractivity contribution in [1.29, 1.82) is 0 Å². The molecular formula is C17H17ClN2O3. The second-order valence-electron chi connectivity index (χ2n) is 4.82. The van der Waals surface area contributed by atoms with E-state index in [2.05, 4.69) is 4.98 Å². The summed E-state index contributed by atoms with van der Waals surface area (Å²) in [6.07, 6.45) is 1.87. The Hall–Kier alpha value is -2.40. The van der Waals surface area contributed by atoms with Crippen LogP contribution in [-0.2, 0) is 9.53 Å². The summed E-state index contributed by atoms with van der Waals surface area (Å²) in [6.45, 7) is 1.82. The molecule has 0 bridgehead atoms. The Balaban J connectivity index is 2.49. The van der Waals surface area contributed by atoms with Gasteiger partial charge in [-0.2, -0.15) is 0 Å². The minimum Gasteiger partial charge on any atom is -0.467 e. The monoisotopic (exact) mass is 332 g/mol. The van der Waals surface area contributed by atoms with Crippen LogP contribution in [0.2, 0.25) is 5.02 Å². The number of para-hydroxylation sites is 1. The molecular weight excluding hydrogens is 316 g/mol. The molecule has 1 amide bonds. The van der Waals surface area contributed by atoms with E-state index in [1.54, 1.807) is 30.3 Å². The number of amides is 1. The Morgan fingerprint density at radius 1 is 1.26 bits per heavy atom. The number of aromatic nitrogens is 1. The number of methoxy groups -OCH3 is 1. The lowest BCUT2D eigenvalue weighted by Gasteiger charge is -2.29. The number of halogens is 1. The molecule has 1 atom stereocenters. The molecule has 0 N–H and O–H groups in total. The molecule has 0 aliphatic rings. The molecule has 0 fully saturated rings. The van der Waals surface area contributed by atoms with Gasteiger partial charge in [0, 0.05) is 16.9 Å². The first-order chi connectivity index (χ1) is 11.1. The number of carbonyl (C=O) groups excluding carboxylic acids is 2. The zero-order chi connectivity index (χ0) is 16.8. The lowest BCUT2D eigenvalue weighted by atomic mass is 10.1. The van der Waals surface area contributed by atoms with Crippen LogP contribution in [0, 0.1) is 0 Å². The molecule has 1 aromatic heterocycles. The summed E-state index contributed by atoms with van der Waals surface area (Å²) in [5.41, 5.74) is 0.764. The number of hydrogen-bond acceptors (Lipinski definition) is 4. The number of benzene rings is 1. The molecule has 23 heavy (non-hydrogen) atoms. The first-order valence-corrected chi connectivity index (χ1v) is 7.54. The third-order valence-corrected chi connectivity index (χ3v) is 3.60. The van der Waals surface area contributed by atoms with Crippen LogP contribution in [0.3, 0.4) is 0 Å². The highest BCUT2D eigenvalue weighted by Crippen LogP contribution is 2.22. The Morgan fingerprint density at radius 2 is 1.96 bits per heavy atom. The van der Waals surface area contributed by atoms with E-state index in [0.717, 1.165) is 0 Å². The quantitative estimate of drug-likeness (QED) is 0.788. The van der Waals surface area contributed by atoms with Crippen LogP contribution in [0.1, 0.15) is 23.8 Å². The van der Waals surface area contributed by atoms with Crippen LogP contribution in [0.25, 0.3) is 0 Å². The highest BCUT2D eigenvalue weighted by atomic mass is 35.5. The van der Waals surface area contributed by atoms with Gasteiger partial charge in [0.25, 0.3) is 5.91 Å². The van der Waals surface area contributed by atoms with Gasteiger partial charge in [0.15, 0.2) is 0 Å². The number of ether oxygens (including phenoxy) is 1. The molecule has 1 aromatic carbocycles. The van der Waals surface area contributed by atoms with E-state index in [1.807, 2.05) is 13.0 Å². The number of hydrogen-bond donors (Lipinski definition) is 0. The number of rotatable bonds is 5. The molecule has 0 spiro atoms. The molecule has 0 radical (unpaired) electrons. The van der Waals surface area contributed by atoms with Gasteiger partial charge in [-0.05, 0) is 30.7 Å². The summed E-state index contributed by atoms with van der Waals surface area (Å²) in [5.74, 6) is -0.886. The average Bonchev–Trinajstić information content (AvgIpc) is 2.59. The first-order valence-electron chi connectivity index (χ1n) is 7.16. The number of nitrogens with zero attached hydrogens (tertiary/aromatic N) is 2. The van der Waals surface area contributed by atoms with Crippen molar-refractivity contribution in [2.24, 2.45) is 0 Å². The van der Waals surface area contributed by atoms with E-state index >= 15 is 0 Å². The smallest absolute Gasteiger partial charge is 0.328 e. The van der Waals surface area contributed by atoms with Gasteiger partial charge in [-0.3, -0.25) is 14.7 Å². The van der Waals surface area contributed by atoms with Gasteiger partial charge >= 0.3 is 5.97 Å². The van der Waals surface area contributed by atoms with Crippen molar-refractivity contribution < 1.29 is 14.3 Å². The molecule has 2 aromatic rings. The molecule has 5 nitrogen and oxygen atoms in total. The number of esters is 1. The summed E-state index contributed by atoms with van der Waals surface area (Å²) >= 11 is 5.94. The zero-order valence-corrected chi connectivity index (χ0v) is 13.7. The van der Waals surface area contributed by atoms with Crippen LogP contribution < -0.4 is 4.90 Å². The fraction of sp³-hybridized carbons (Fsp3) is 0.235. The summed E-state index contributed by atoms with van der Waals surface area (Å²) in [4.78, 5) is 30.5. The second kappa shape index (κ2) is 7.74. The van der Waals surface area contributed by atoms with Gasteiger partial charge in [0.2, 0.25) is 0 Å². The highest BCUT2D eigenvalue weighted by molar-refractivity contribution is 6.31. The Kier molecular flexibility index (Phi) is 5.71. The van der Waals surface area contributed by atoms with E-state index < -0.39 is 17.9 Å². The molecule has 1 heterocycles. The zero-order valence-electron chi connectivity index (χ0n) is 12.9. The normalized spacial score (nSPS) is 11.6.